The molecule has 1 heterocycles. The zero-order valence-corrected chi connectivity index (χ0v) is 21.0. The van der Waals surface area contributed by atoms with Gasteiger partial charge in [-0.3, -0.25) is 4.79 Å². The zero-order chi connectivity index (χ0) is 25.3. The fourth-order valence-corrected chi connectivity index (χ4v) is 4.47. The van der Waals surface area contributed by atoms with E-state index < -0.39 is 5.97 Å². The highest BCUT2D eigenvalue weighted by Gasteiger charge is 2.17. The van der Waals surface area contributed by atoms with E-state index in [9.17, 15) is 10.1 Å². The Hall–Kier alpha value is -4.08. The number of benzene rings is 3. The van der Waals surface area contributed by atoms with Crippen LogP contribution in [0.15, 0.2) is 90.0 Å². The van der Waals surface area contributed by atoms with Gasteiger partial charge in [0.25, 0.3) is 0 Å². The summed E-state index contributed by atoms with van der Waals surface area (Å²) in [7, 11) is 0. The van der Waals surface area contributed by atoms with Crippen molar-refractivity contribution in [1.82, 2.24) is 4.98 Å². The van der Waals surface area contributed by atoms with Gasteiger partial charge >= 0.3 is 5.97 Å². The fourth-order valence-electron chi connectivity index (χ4n) is 3.70. The smallest absolute Gasteiger partial charge is 0.321 e. The van der Waals surface area contributed by atoms with E-state index in [0.29, 0.717) is 28.6 Å². The summed E-state index contributed by atoms with van der Waals surface area (Å²) in [4.78, 5) is 17.4. The average Bonchev–Trinajstić information content (AvgIpc) is 2.93. The maximum absolute atomic E-state index is 12.6. The molecule has 5 nitrogen and oxygen atoms in total. The van der Waals surface area contributed by atoms with Gasteiger partial charge in [0, 0.05) is 11.1 Å². The van der Waals surface area contributed by atoms with E-state index in [-0.39, 0.29) is 5.75 Å². The third-order valence-electron chi connectivity index (χ3n) is 5.53. The molecule has 6 heteroatoms. The Bertz CT molecular complexity index is 1360. The first-order chi connectivity index (χ1) is 17.6. The summed E-state index contributed by atoms with van der Waals surface area (Å²) in [6.45, 7) is 4.60. The first-order valence-corrected chi connectivity index (χ1v) is 12.8. The Morgan fingerprint density at radius 3 is 2.25 bits per heavy atom. The molecule has 0 spiro atoms. The quantitative estimate of drug-likeness (QED) is 0.142. The van der Waals surface area contributed by atoms with Gasteiger partial charge in [-0.1, -0.05) is 61.2 Å². The lowest BCUT2D eigenvalue weighted by Gasteiger charge is -2.13. The van der Waals surface area contributed by atoms with Gasteiger partial charge in [-0.15, -0.1) is 0 Å². The number of pyridine rings is 1. The standard InChI is InChI=1S/C30H26N2O3S/c1-3-21-10-14-25(15-11-21)35-29(33)20-36-30-27(19-31)26(22-8-6-5-7-9-22)18-28(32-30)23-12-16-24(17-13-23)34-4-2/h5-18H,3-4,20H2,1-2H3. The number of nitriles is 1. The molecule has 0 unspecified atom stereocenters. The number of thioether (sulfide) groups is 1. The number of esters is 1. The van der Waals surface area contributed by atoms with Gasteiger partial charge in [0.05, 0.1) is 23.6 Å². The van der Waals surface area contributed by atoms with Gasteiger partial charge in [0.15, 0.2) is 0 Å². The summed E-state index contributed by atoms with van der Waals surface area (Å²) in [6.07, 6.45) is 0.918. The highest BCUT2D eigenvalue weighted by molar-refractivity contribution is 7.99. The Balaban J connectivity index is 1.64. The highest BCUT2D eigenvalue weighted by Crippen LogP contribution is 2.34. The van der Waals surface area contributed by atoms with Crippen LogP contribution in [0.25, 0.3) is 22.4 Å². The van der Waals surface area contributed by atoms with Crippen LogP contribution in [0.3, 0.4) is 0 Å². The van der Waals surface area contributed by atoms with Gasteiger partial charge in [0.2, 0.25) is 0 Å². The minimum Gasteiger partial charge on any atom is -0.494 e. The van der Waals surface area contributed by atoms with E-state index in [1.807, 2.05) is 79.7 Å². The Morgan fingerprint density at radius 1 is 0.917 bits per heavy atom. The first kappa shape index (κ1) is 25.0. The van der Waals surface area contributed by atoms with E-state index >= 15 is 0 Å². The number of nitrogens with zero attached hydrogens (tertiary/aromatic N) is 2. The van der Waals surface area contributed by atoms with E-state index in [2.05, 4.69) is 13.0 Å². The summed E-state index contributed by atoms with van der Waals surface area (Å²) in [5.41, 5.74) is 4.88. The summed E-state index contributed by atoms with van der Waals surface area (Å²) < 4.78 is 11.0. The number of aromatic nitrogens is 1. The van der Waals surface area contributed by atoms with Crippen LogP contribution >= 0.6 is 11.8 Å². The lowest BCUT2D eigenvalue weighted by atomic mass is 9.99. The molecule has 0 aliphatic carbocycles. The van der Waals surface area contributed by atoms with E-state index in [0.717, 1.165) is 28.9 Å². The Kier molecular flexibility index (Phi) is 8.38. The summed E-state index contributed by atoms with van der Waals surface area (Å²) in [5.74, 6) is 0.905. The van der Waals surface area contributed by atoms with Crippen LogP contribution in [0, 0.1) is 11.3 Å². The van der Waals surface area contributed by atoms with Crippen molar-refractivity contribution >= 4 is 17.7 Å². The predicted octanol–water partition coefficient (Wildman–Crippen LogP) is 6.95. The SMILES string of the molecule is CCOc1ccc(-c2cc(-c3ccccc3)c(C#N)c(SCC(=O)Oc3ccc(CC)cc3)n2)cc1. The molecule has 0 amide bonds. The minimum atomic E-state index is -0.400. The Labute approximate surface area is 215 Å². The number of carbonyl (C=O) groups excluding carboxylic acids is 1. The molecule has 3 aromatic carbocycles. The average molecular weight is 495 g/mol. The number of ether oxygens (including phenoxy) is 2. The minimum absolute atomic E-state index is 0.0260. The first-order valence-electron chi connectivity index (χ1n) is 11.8. The second-order valence-corrected chi connectivity index (χ2v) is 8.89. The van der Waals surface area contributed by atoms with Crippen molar-refractivity contribution in [1.29, 1.82) is 5.26 Å². The zero-order valence-electron chi connectivity index (χ0n) is 20.2. The number of hydrogen-bond acceptors (Lipinski definition) is 6. The second-order valence-electron chi connectivity index (χ2n) is 7.93. The molecule has 180 valence electrons. The monoisotopic (exact) mass is 494 g/mol. The number of aryl methyl sites for hydroxylation is 1. The molecule has 0 fully saturated rings. The van der Waals surface area contributed by atoms with Gasteiger partial charge in [-0.2, -0.15) is 5.26 Å². The molecular weight excluding hydrogens is 468 g/mol. The molecule has 0 aliphatic rings. The predicted molar refractivity (Wildman–Crippen MR) is 143 cm³/mol. The number of rotatable bonds is 9. The molecule has 4 aromatic rings. The number of hydrogen-bond donors (Lipinski definition) is 0. The molecule has 0 saturated carbocycles. The lowest BCUT2D eigenvalue weighted by Crippen LogP contribution is -2.11. The Morgan fingerprint density at radius 2 is 1.61 bits per heavy atom. The van der Waals surface area contributed by atoms with Crippen LogP contribution in [-0.4, -0.2) is 23.3 Å². The van der Waals surface area contributed by atoms with Crippen molar-refractivity contribution in [3.63, 3.8) is 0 Å². The molecule has 0 aliphatic heterocycles. The van der Waals surface area contributed by atoms with Crippen molar-refractivity contribution in [3.8, 4) is 40.0 Å². The van der Waals surface area contributed by atoms with Gasteiger partial charge in [0.1, 0.15) is 22.6 Å². The molecule has 0 N–H and O–H groups in total. The van der Waals surface area contributed by atoms with Crippen molar-refractivity contribution in [3.05, 3.63) is 96.1 Å². The topological polar surface area (TPSA) is 72.2 Å². The van der Waals surface area contributed by atoms with Crippen molar-refractivity contribution < 1.29 is 14.3 Å². The van der Waals surface area contributed by atoms with Crippen LogP contribution in [0.5, 0.6) is 11.5 Å². The van der Waals surface area contributed by atoms with E-state index in [4.69, 9.17) is 14.5 Å². The van der Waals surface area contributed by atoms with Crippen molar-refractivity contribution in [2.24, 2.45) is 0 Å². The molecule has 1 aromatic heterocycles. The second kappa shape index (κ2) is 12.1. The van der Waals surface area contributed by atoms with Crippen LogP contribution < -0.4 is 9.47 Å². The molecular formula is C30H26N2O3S. The number of carbonyl (C=O) groups is 1. The van der Waals surface area contributed by atoms with Gasteiger partial charge in [-0.05, 0) is 66.9 Å². The molecule has 0 saturated heterocycles. The van der Waals surface area contributed by atoms with Crippen LogP contribution in [0.4, 0.5) is 0 Å². The van der Waals surface area contributed by atoms with Crippen molar-refractivity contribution in [2.75, 3.05) is 12.4 Å². The molecule has 0 bridgehead atoms. The maximum atomic E-state index is 12.6. The van der Waals surface area contributed by atoms with Crippen molar-refractivity contribution in [2.45, 2.75) is 25.3 Å². The molecule has 0 atom stereocenters. The normalized spacial score (nSPS) is 10.5. The van der Waals surface area contributed by atoms with E-state index in [1.54, 1.807) is 12.1 Å². The molecule has 0 radical (unpaired) electrons. The molecule has 36 heavy (non-hydrogen) atoms. The third kappa shape index (κ3) is 6.12. The van der Waals surface area contributed by atoms with E-state index in [1.165, 1.54) is 17.3 Å². The highest BCUT2D eigenvalue weighted by atomic mass is 32.2. The maximum Gasteiger partial charge on any atom is 0.321 e. The van der Waals surface area contributed by atoms with Gasteiger partial charge in [-0.25, -0.2) is 4.98 Å². The fraction of sp³-hybridized carbons (Fsp3) is 0.167. The van der Waals surface area contributed by atoms with Crippen LogP contribution in [-0.2, 0) is 11.2 Å². The largest absolute Gasteiger partial charge is 0.494 e. The summed E-state index contributed by atoms with van der Waals surface area (Å²) in [6, 6.07) is 29.1. The lowest BCUT2D eigenvalue weighted by molar-refractivity contribution is -0.131. The summed E-state index contributed by atoms with van der Waals surface area (Å²) in [5, 5.41) is 10.5. The molecule has 4 rings (SSSR count). The third-order valence-corrected chi connectivity index (χ3v) is 6.48. The summed E-state index contributed by atoms with van der Waals surface area (Å²) >= 11 is 1.20. The van der Waals surface area contributed by atoms with Gasteiger partial charge < -0.3 is 9.47 Å². The van der Waals surface area contributed by atoms with Crippen LogP contribution in [0.1, 0.15) is 25.0 Å². The van der Waals surface area contributed by atoms with Crippen LogP contribution in [0.2, 0.25) is 0 Å².